The minimum Gasteiger partial charge on any atom is -0.371 e. The topological polar surface area (TPSA) is 26.3 Å². The van der Waals surface area contributed by atoms with Crippen LogP contribution in [0.4, 0.5) is 0 Å². The fraction of sp³-hybridized carbons (Fsp3) is 0.462. The summed E-state index contributed by atoms with van der Waals surface area (Å²) in [7, 11) is 0. The fourth-order valence-corrected chi connectivity index (χ4v) is 1.46. The van der Waals surface area contributed by atoms with Crippen LogP contribution in [0.2, 0.25) is 0 Å². The summed E-state index contributed by atoms with van der Waals surface area (Å²) in [6.07, 6.45) is 0.0971. The molecule has 2 heteroatoms. The Bertz CT molecular complexity index is 333. The molecule has 1 rings (SSSR count). The number of ketones is 1. The van der Waals surface area contributed by atoms with E-state index in [4.69, 9.17) is 4.74 Å². The average molecular weight is 206 g/mol. The molecule has 2 nitrogen and oxygen atoms in total. The number of carbonyl (C=O) groups excluding carboxylic acids is 1. The van der Waals surface area contributed by atoms with Crippen LogP contribution in [-0.2, 0) is 4.74 Å². The van der Waals surface area contributed by atoms with Crippen molar-refractivity contribution >= 4 is 5.78 Å². The van der Waals surface area contributed by atoms with Crippen LogP contribution in [0, 0.1) is 13.8 Å². The van der Waals surface area contributed by atoms with Gasteiger partial charge in [-0.25, -0.2) is 0 Å². The lowest BCUT2D eigenvalue weighted by Gasteiger charge is -2.07. The predicted molar refractivity (Wildman–Crippen MR) is 61.3 cm³/mol. The number of rotatable bonds is 4. The second-order valence-corrected chi connectivity index (χ2v) is 4.16. The van der Waals surface area contributed by atoms with E-state index in [9.17, 15) is 4.79 Å². The highest BCUT2D eigenvalue weighted by molar-refractivity contribution is 5.97. The molecule has 0 fully saturated rings. The first-order chi connectivity index (χ1) is 6.99. The number of hydrogen-bond donors (Lipinski definition) is 0. The Morgan fingerprint density at radius 1 is 1.20 bits per heavy atom. The smallest absolute Gasteiger partial charge is 0.188 e. The van der Waals surface area contributed by atoms with Gasteiger partial charge in [0.25, 0.3) is 0 Å². The van der Waals surface area contributed by atoms with Crippen molar-refractivity contribution < 1.29 is 9.53 Å². The first-order valence-electron chi connectivity index (χ1n) is 5.22. The van der Waals surface area contributed by atoms with Gasteiger partial charge in [0.05, 0.1) is 6.10 Å². The van der Waals surface area contributed by atoms with Gasteiger partial charge in [0.2, 0.25) is 0 Å². The standard InChI is InChI=1S/C13H18O2/c1-9(2)15-8-13(14)12-6-10(3)5-11(4)7-12/h5-7,9H,8H2,1-4H3. The predicted octanol–water partition coefficient (Wildman–Crippen LogP) is 2.91. The maximum atomic E-state index is 11.7. The monoisotopic (exact) mass is 206 g/mol. The van der Waals surface area contributed by atoms with Crippen LogP contribution in [-0.4, -0.2) is 18.5 Å². The third kappa shape index (κ3) is 3.84. The van der Waals surface area contributed by atoms with Crippen molar-refractivity contribution in [1.29, 1.82) is 0 Å². The lowest BCUT2D eigenvalue weighted by molar-refractivity contribution is 0.0584. The van der Waals surface area contributed by atoms with E-state index < -0.39 is 0 Å². The van der Waals surface area contributed by atoms with Gasteiger partial charge < -0.3 is 4.74 Å². The van der Waals surface area contributed by atoms with Crippen LogP contribution in [0.1, 0.15) is 35.3 Å². The van der Waals surface area contributed by atoms with Gasteiger partial charge in [-0.15, -0.1) is 0 Å². The Kier molecular flexibility index (Phi) is 4.04. The molecular formula is C13H18O2. The number of Topliss-reactive ketones (excluding diaryl/α,β-unsaturated/α-hetero) is 1. The van der Waals surface area contributed by atoms with Crippen LogP contribution < -0.4 is 0 Å². The highest BCUT2D eigenvalue weighted by Gasteiger charge is 2.07. The number of carbonyl (C=O) groups is 1. The van der Waals surface area contributed by atoms with Crippen LogP contribution in [0.3, 0.4) is 0 Å². The molecule has 0 aromatic heterocycles. The molecular weight excluding hydrogens is 188 g/mol. The second kappa shape index (κ2) is 5.08. The molecule has 0 N–H and O–H groups in total. The lowest BCUT2D eigenvalue weighted by atomic mass is 10.0. The van der Waals surface area contributed by atoms with Gasteiger partial charge in [0.15, 0.2) is 5.78 Å². The third-order valence-electron chi connectivity index (χ3n) is 2.09. The quantitative estimate of drug-likeness (QED) is 0.708. The third-order valence-corrected chi connectivity index (χ3v) is 2.09. The highest BCUT2D eigenvalue weighted by Crippen LogP contribution is 2.09. The van der Waals surface area contributed by atoms with Gasteiger partial charge >= 0.3 is 0 Å². The summed E-state index contributed by atoms with van der Waals surface area (Å²) >= 11 is 0. The van der Waals surface area contributed by atoms with Crippen molar-refractivity contribution in [3.63, 3.8) is 0 Å². The van der Waals surface area contributed by atoms with Crippen LogP contribution >= 0.6 is 0 Å². The summed E-state index contributed by atoms with van der Waals surface area (Å²) in [6.45, 7) is 8.00. The van der Waals surface area contributed by atoms with Crippen molar-refractivity contribution in [3.8, 4) is 0 Å². The molecule has 0 saturated heterocycles. The maximum absolute atomic E-state index is 11.7. The van der Waals surface area contributed by atoms with Gasteiger partial charge in [-0.3, -0.25) is 4.79 Å². The lowest BCUT2D eigenvalue weighted by Crippen LogP contribution is -2.13. The first kappa shape index (κ1) is 11.9. The van der Waals surface area contributed by atoms with Gasteiger partial charge in [0.1, 0.15) is 6.61 Å². The van der Waals surface area contributed by atoms with E-state index in [2.05, 4.69) is 6.07 Å². The summed E-state index contributed by atoms with van der Waals surface area (Å²) in [4.78, 5) is 11.7. The zero-order chi connectivity index (χ0) is 11.4. The van der Waals surface area contributed by atoms with Crippen LogP contribution in [0.15, 0.2) is 18.2 Å². The summed E-state index contributed by atoms with van der Waals surface area (Å²) in [5, 5.41) is 0. The number of hydrogen-bond acceptors (Lipinski definition) is 2. The fourth-order valence-electron chi connectivity index (χ4n) is 1.46. The Hall–Kier alpha value is -1.15. The number of benzene rings is 1. The molecule has 0 heterocycles. The SMILES string of the molecule is Cc1cc(C)cc(C(=O)COC(C)C)c1. The summed E-state index contributed by atoms with van der Waals surface area (Å²) in [5.74, 6) is 0.0514. The Morgan fingerprint density at radius 2 is 1.73 bits per heavy atom. The zero-order valence-corrected chi connectivity index (χ0v) is 9.83. The van der Waals surface area contributed by atoms with E-state index in [0.29, 0.717) is 0 Å². The molecule has 0 radical (unpaired) electrons. The highest BCUT2D eigenvalue weighted by atomic mass is 16.5. The van der Waals surface area contributed by atoms with E-state index in [1.807, 2.05) is 39.8 Å². The zero-order valence-electron chi connectivity index (χ0n) is 9.83. The van der Waals surface area contributed by atoms with Gasteiger partial charge in [-0.05, 0) is 39.8 Å². The molecule has 0 unspecified atom stereocenters. The second-order valence-electron chi connectivity index (χ2n) is 4.16. The summed E-state index contributed by atoms with van der Waals surface area (Å²) in [5.41, 5.74) is 2.97. The largest absolute Gasteiger partial charge is 0.371 e. The number of ether oxygens (including phenoxy) is 1. The maximum Gasteiger partial charge on any atom is 0.188 e. The Labute approximate surface area is 91.3 Å². The molecule has 0 atom stereocenters. The molecule has 0 aliphatic heterocycles. The molecule has 0 aliphatic carbocycles. The summed E-state index contributed by atoms with van der Waals surface area (Å²) in [6, 6.07) is 5.86. The van der Waals surface area contributed by atoms with Crippen molar-refractivity contribution in [3.05, 3.63) is 34.9 Å². The first-order valence-corrected chi connectivity index (χ1v) is 5.22. The van der Waals surface area contributed by atoms with Crippen molar-refractivity contribution in [1.82, 2.24) is 0 Å². The van der Waals surface area contributed by atoms with Gasteiger partial charge in [0, 0.05) is 5.56 Å². The molecule has 15 heavy (non-hydrogen) atoms. The Morgan fingerprint density at radius 3 is 2.20 bits per heavy atom. The molecule has 0 spiro atoms. The minimum atomic E-state index is 0.0514. The van der Waals surface area contributed by atoms with Crippen molar-refractivity contribution in [2.24, 2.45) is 0 Å². The average Bonchev–Trinajstić information content (AvgIpc) is 2.12. The molecule has 0 saturated carbocycles. The minimum absolute atomic E-state index is 0.0514. The molecule has 0 amide bonds. The number of aryl methyl sites for hydroxylation is 2. The summed E-state index contributed by atoms with van der Waals surface area (Å²) < 4.78 is 5.29. The van der Waals surface area contributed by atoms with Gasteiger partial charge in [-0.1, -0.05) is 17.2 Å². The normalized spacial score (nSPS) is 10.7. The molecule has 0 aliphatic rings. The van der Waals surface area contributed by atoms with Gasteiger partial charge in [-0.2, -0.15) is 0 Å². The molecule has 82 valence electrons. The Balaban J connectivity index is 2.73. The van der Waals surface area contributed by atoms with E-state index >= 15 is 0 Å². The van der Waals surface area contributed by atoms with Crippen LogP contribution in [0.25, 0.3) is 0 Å². The van der Waals surface area contributed by atoms with E-state index in [-0.39, 0.29) is 18.5 Å². The molecule has 1 aromatic rings. The van der Waals surface area contributed by atoms with Crippen molar-refractivity contribution in [2.75, 3.05) is 6.61 Å². The van der Waals surface area contributed by atoms with Crippen LogP contribution in [0.5, 0.6) is 0 Å². The van der Waals surface area contributed by atoms with Crippen molar-refractivity contribution in [2.45, 2.75) is 33.8 Å². The molecule has 1 aromatic carbocycles. The molecule has 0 bridgehead atoms. The van der Waals surface area contributed by atoms with E-state index in [1.165, 1.54) is 0 Å². The van der Waals surface area contributed by atoms with E-state index in [1.54, 1.807) is 0 Å². The van der Waals surface area contributed by atoms with E-state index in [0.717, 1.165) is 16.7 Å².